The van der Waals surface area contributed by atoms with Gasteiger partial charge in [0.2, 0.25) is 0 Å². The van der Waals surface area contributed by atoms with Crippen LogP contribution in [0.1, 0.15) is 18.4 Å². The Labute approximate surface area is 119 Å². The van der Waals surface area contributed by atoms with Crippen molar-refractivity contribution in [3.05, 3.63) is 34.9 Å². The molecule has 0 saturated carbocycles. The number of likely N-dealkylation sites (tertiary alicyclic amines) is 1. The van der Waals surface area contributed by atoms with Crippen molar-refractivity contribution < 1.29 is 9.47 Å². The van der Waals surface area contributed by atoms with E-state index in [9.17, 15) is 0 Å². The maximum atomic E-state index is 5.92. The molecular weight excluding hydrogens is 262 g/mol. The van der Waals surface area contributed by atoms with Crippen molar-refractivity contribution in [1.29, 1.82) is 0 Å². The highest BCUT2D eigenvalue weighted by Crippen LogP contribution is 2.26. The smallest absolute Gasteiger partial charge is 0.161 e. The highest BCUT2D eigenvalue weighted by atomic mass is 35.5. The Bertz CT molecular complexity index is 403. The van der Waals surface area contributed by atoms with Crippen molar-refractivity contribution in [1.82, 2.24) is 4.90 Å². The van der Waals surface area contributed by atoms with Crippen LogP contribution in [-0.4, -0.2) is 37.5 Å². The number of nitrogens with zero attached hydrogens (tertiary/aromatic N) is 1. The first-order valence-electron chi connectivity index (χ1n) is 7.01. The van der Waals surface area contributed by atoms with Crippen LogP contribution in [-0.2, 0) is 16.0 Å². The van der Waals surface area contributed by atoms with Gasteiger partial charge in [0, 0.05) is 24.0 Å². The third-order valence-electron chi connectivity index (χ3n) is 3.89. The zero-order chi connectivity index (χ0) is 13.1. The van der Waals surface area contributed by atoms with E-state index in [-0.39, 0.29) is 6.29 Å². The van der Waals surface area contributed by atoms with Gasteiger partial charge in [-0.3, -0.25) is 4.90 Å². The van der Waals surface area contributed by atoms with Crippen LogP contribution in [0.3, 0.4) is 0 Å². The number of hydrogen-bond acceptors (Lipinski definition) is 3. The zero-order valence-corrected chi connectivity index (χ0v) is 11.8. The summed E-state index contributed by atoms with van der Waals surface area (Å²) in [6, 6.07) is 8.13. The molecular formula is C15H20ClNO2. The Kier molecular flexibility index (Phi) is 4.38. The van der Waals surface area contributed by atoms with Crippen molar-refractivity contribution in [2.24, 2.45) is 5.92 Å². The molecule has 0 spiro atoms. The fourth-order valence-electron chi connectivity index (χ4n) is 2.95. The summed E-state index contributed by atoms with van der Waals surface area (Å²) < 4.78 is 11.3. The van der Waals surface area contributed by atoms with E-state index in [1.54, 1.807) is 0 Å². The normalized spacial score (nSPS) is 25.8. The van der Waals surface area contributed by atoms with Crippen LogP contribution in [0.15, 0.2) is 24.3 Å². The predicted octanol–water partition coefficient (Wildman–Crippen LogP) is 2.92. The number of hydrogen-bond donors (Lipinski definition) is 0. The number of rotatable bonds is 3. The van der Waals surface area contributed by atoms with Crippen LogP contribution in [0.2, 0.25) is 5.02 Å². The van der Waals surface area contributed by atoms with Crippen LogP contribution in [0.5, 0.6) is 0 Å². The molecule has 1 aromatic carbocycles. The van der Waals surface area contributed by atoms with Gasteiger partial charge in [-0.15, -0.1) is 0 Å². The fraction of sp³-hybridized carbons (Fsp3) is 0.600. The molecule has 0 aromatic heterocycles. The molecule has 0 unspecified atom stereocenters. The Morgan fingerprint density at radius 1 is 1.16 bits per heavy atom. The first kappa shape index (κ1) is 13.4. The Morgan fingerprint density at radius 2 is 1.89 bits per heavy atom. The molecule has 0 bridgehead atoms. The van der Waals surface area contributed by atoms with Gasteiger partial charge in [0.1, 0.15) is 0 Å². The SMILES string of the molecule is Clc1ccc(CN2CCC[C@@H](C3OCCO3)C2)cc1. The van der Waals surface area contributed by atoms with Gasteiger partial charge < -0.3 is 9.47 Å². The van der Waals surface area contributed by atoms with Gasteiger partial charge >= 0.3 is 0 Å². The van der Waals surface area contributed by atoms with E-state index >= 15 is 0 Å². The molecule has 1 aromatic rings. The van der Waals surface area contributed by atoms with Gasteiger partial charge in [-0.1, -0.05) is 23.7 Å². The molecule has 3 nitrogen and oxygen atoms in total. The molecule has 104 valence electrons. The molecule has 2 heterocycles. The number of halogens is 1. The molecule has 19 heavy (non-hydrogen) atoms. The van der Waals surface area contributed by atoms with Gasteiger partial charge in [-0.2, -0.15) is 0 Å². The van der Waals surface area contributed by atoms with E-state index < -0.39 is 0 Å². The van der Waals surface area contributed by atoms with Crippen LogP contribution in [0.25, 0.3) is 0 Å². The highest BCUT2D eigenvalue weighted by Gasteiger charge is 2.30. The summed E-state index contributed by atoms with van der Waals surface area (Å²) >= 11 is 5.92. The molecule has 4 heteroatoms. The van der Waals surface area contributed by atoms with Gasteiger partial charge in [-0.25, -0.2) is 0 Å². The topological polar surface area (TPSA) is 21.7 Å². The predicted molar refractivity (Wildman–Crippen MR) is 75.1 cm³/mol. The first-order valence-corrected chi connectivity index (χ1v) is 7.39. The van der Waals surface area contributed by atoms with Crippen molar-refractivity contribution in [3.8, 4) is 0 Å². The molecule has 2 saturated heterocycles. The fourth-order valence-corrected chi connectivity index (χ4v) is 3.08. The molecule has 2 aliphatic heterocycles. The summed E-state index contributed by atoms with van der Waals surface area (Å²) in [5.74, 6) is 0.517. The van der Waals surface area contributed by atoms with Gasteiger partial charge in [-0.05, 0) is 37.1 Å². The van der Waals surface area contributed by atoms with E-state index in [0.29, 0.717) is 5.92 Å². The largest absolute Gasteiger partial charge is 0.350 e. The third-order valence-corrected chi connectivity index (χ3v) is 4.15. The van der Waals surface area contributed by atoms with E-state index in [0.717, 1.165) is 37.9 Å². The second kappa shape index (κ2) is 6.23. The van der Waals surface area contributed by atoms with E-state index in [4.69, 9.17) is 21.1 Å². The standard InChI is InChI=1S/C15H20ClNO2/c16-14-5-3-12(4-6-14)10-17-7-1-2-13(11-17)15-18-8-9-19-15/h3-6,13,15H,1-2,7-11H2/t13-/m1/s1. The van der Waals surface area contributed by atoms with E-state index in [1.165, 1.54) is 18.4 Å². The number of piperidine rings is 1. The average Bonchev–Trinajstić information content (AvgIpc) is 2.96. The van der Waals surface area contributed by atoms with Crippen LogP contribution < -0.4 is 0 Å². The maximum absolute atomic E-state index is 5.92. The lowest BCUT2D eigenvalue weighted by atomic mass is 9.97. The minimum absolute atomic E-state index is 0.0213. The number of ether oxygens (including phenoxy) is 2. The van der Waals surface area contributed by atoms with Gasteiger partial charge in [0.25, 0.3) is 0 Å². The Hall–Kier alpha value is -0.610. The van der Waals surface area contributed by atoms with Crippen LogP contribution in [0.4, 0.5) is 0 Å². The van der Waals surface area contributed by atoms with Crippen molar-refractivity contribution in [3.63, 3.8) is 0 Å². The lowest BCUT2D eigenvalue weighted by Crippen LogP contribution is -2.40. The molecule has 0 radical (unpaired) electrons. The van der Waals surface area contributed by atoms with Gasteiger partial charge in [0.05, 0.1) is 13.2 Å². The average molecular weight is 282 g/mol. The summed E-state index contributed by atoms with van der Waals surface area (Å²) in [6.45, 7) is 4.70. The summed E-state index contributed by atoms with van der Waals surface area (Å²) in [6.07, 6.45) is 2.46. The molecule has 1 atom stereocenters. The van der Waals surface area contributed by atoms with E-state index in [1.807, 2.05) is 12.1 Å². The van der Waals surface area contributed by atoms with Crippen molar-refractivity contribution in [2.75, 3.05) is 26.3 Å². The first-order chi connectivity index (χ1) is 9.31. The van der Waals surface area contributed by atoms with Gasteiger partial charge in [0.15, 0.2) is 6.29 Å². The number of benzene rings is 1. The molecule has 3 rings (SSSR count). The lowest BCUT2D eigenvalue weighted by Gasteiger charge is -2.34. The zero-order valence-electron chi connectivity index (χ0n) is 11.1. The summed E-state index contributed by atoms with van der Waals surface area (Å²) in [5.41, 5.74) is 1.32. The Balaban J connectivity index is 1.57. The van der Waals surface area contributed by atoms with Crippen molar-refractivity contribution >= 4 is 11.6 Å². The summed E-state index contributed by atoms with van der Waals surface area (Å²) in [5, 5.41) is 0.799. The second-order valence-electron chi connectivity index (χ2n) is 5.37. The quantitative estimate of drug-likeness (QED) is 0.850. The summed E-state index contributed by atoms with van der Waals surface area (Å²) in [7, 11) is 0. The monoisotopic (exact) mass is 281 g/mol. The Morgan fingerprint density at radius 3 is 2.63 bits per heavy atom. The maximum Gasteiger partial charge on any atom is 0.161 e. The lowest BCUT2D eigenvalue weighted by molar-refractivity contribution is -0.101. The second-order valence-corrected chi connectivity index (χ2v) is 5.81. The van der Waals surface area contributed by atoms with Crippen LogP contribution in [0, 0.1) is 5.92 Å². The molecule has 0 N–H and O–H groups in total. The third kappa shape index (κ3) is 3.48. The minimum atomic E-state index is 0.0213. The molecule has 0 aliphatic carbocycles. The summed E-state index contributed by atoms with van der Waals surface area (Å²) in [4.78, 5) is 2.49. The van der Waals surface area contributed by atoms with Crippen molar-refractivity contribution in [2.45, 2.75) is 25.7 Å². The molecule has 2 aliphatic rings. The molecule has 2 fully saturated rings. The molecule has 0 amide bonds. The van der Waals surface area contributed by atoms with E-state index in [2.05, 4.69) is 17.0 Å². The van der Waals surface area contributed by atoms with Crippen LogP contribution >= 0.6 is 11.6 Å². The minimum Gasteiger partial charge on any atom is -0.350 e. The highest BCUT2D eigenvalue weighted by molar-refractivity contribution is 6.30.